The number of hydrogen-bond donors (Lipinski definition) is 3. The van der Waals surface area contributed by atoms with Crippen LogP contribution in [0.1, 0.15) is 16.0 Å². The second-order valence-corrected chi connectivity index (χ2v) is 5.43. The highest BCUT2D eigenvalue weighted by atomic mass is 32.1. The Morgan fingerprint density at radius 3 is 2.55 bits per heavy atom. The molecule has 0 radical (unpaired) electrons. The zero-order valence-corrected chi connectivity index (χ0v) is 11.2. The Balaban J connectivity index is 2.44. The average molecular weight is 285 g/mol. The fraction of sp³-hybridized carbons (Fsp3) is 0.143. The molecule has 0 fully saturated rings. The van der Waals surface area contributed by atoms with Crippen molar-refractivity contribution in [1.82, 2.24) is 4.98 Å². The standard InChI is InChI=1S/C14H11N3O2S/c15-3-12-13(16)10-4-17-11-2-8(6-19)7(5-18)1-9(11)14(10)20-12/h1-2,4,18-19H,5-6,16H2. The van der Waals surface area contributed by atoms with Crippen molar-refractivity contribution >= 4 is 38.0 Å². The number of anilines is 1. The lowest BCUT2D eigenvalue weighted by Crippen LogP contribution is -1.95. The van der Waals surface area contributed by atoms with Gasteiger partial charge in [-0.1, -0.05) is 0 Å². The van der Waals surface area contributed by atoms with Gasteiger partial charge in [0.05, 0.1) is 24.4 Å². The van der Waals surface area contributed by atoms with Crippen molar-refractivity contribution in [2.75, 3.05) is 5.73 Å². The Bertz CT molecular complexity index is 864. The van der Waals surface area contributed by atoms with Crippen molar-refractivity contribution in [3.63, 3.8) is 0 Å². The van der Waals surface area contributed by atoms with Crippen molar-refractivity contribution in [3.05, 3.63) is 34.3 Å². The summed E-state index contributed by atoms with van der Waals surface area (Å²) in [6.45, 7) is -0.310. The van der Waals surface area contributed by atoms with E-state index in [1.54, 1.807) is 18.3 Å². The van der Waals surface area contributed by atoms with E-state index in [0.29, 0.717) is 27.2 Å². The minimum absolute atomic E-state index is 0.151. The van der Waals surface area contributed by atoms with Crippen LogP contribution in [0.4, 0.5) is 5.69 Å². The minimum Gasteiger partial charge on any atom is -0.396 e. The maximum Gasteiger partial charge on any atom is 0.129 e. The van der Waals surface area contributed by atoms with Crippen LogP contribution in [0.3, 0.4) is 0 Å². The molecule has 0 amide bonds. The van der Waals surface area contributed by atoms with Gasteiger partial charge in [-0.3, -0.25) is 4.98 Å². The lowest BCUT2D eigenvalue weighted by molar-refractivity contribution is 0.260. The number of nitrogens with two attached hydrogens (primary N) is 1. The lowest BCUT2D eigenvalue weighted by atomic mass is 10.0. The normalized spacial score (nSPS) is 11.1. The third kappa shape index (κ3) is 1.72. The zero-order valence-electron chi connectivity index (χ0n) is 10.4. The van der Waals surface area contributed by atoms with Gasteiger partial charge in [-0.15, -0.1) is 11.3 Å². The van der Waals surface area contributed by atoms with Crippen LogP contribution in [0.15, 0.2) is 18.3 Å². The van der Waals surface area contributed by atoms with Gasteiger partial charge >= 0.3 is 0 Å². The Kier molecular flexibility index (Phi) is 3.03. The first-order chi connectivity index (χ1) is 9.69. The molecule has 3 rings (SSSR count). The number of aliphatic hydroxyl groups is 2. The number of thiophene rings is 1. The number of aliphatic hydroxyl groups excluding tert-OH is 2. The van der Waals surface area contributed by atoms with Gasteiger partial charge in [-0.05, 0) is 23.3 Å². The number of nitrogen functional groups attached to an aromatic ring is 1. The monoisotopic (exact) mass is 285 g/mol. The van der Waals surface area contributed by atoms with E-state index < -0.39 is 0 Å². The number of pyridine rings is 1. The van der Waals surface area contributed by atoms with Crippen molar-refractivity contribution < 1.29 is 10.2 Å². The molecule has 0 saturated heterocycles. The molecular weight excluding hydrogens is 274 g/mol. The number of rotatable bonds is 2. The summed E-state index contributed by atoms with van der Waals surface area (Å²) >= 11 is 1.32. The number of nitrogens with zero attached hydrogens (tertiary/aromatic N) is 2. The third-order valence-electron chi connectivity index (χ3n) is 3.32. The van der Waals surface area contributed by atoms with E-state index in [2.05, 4.69) is 11.1 Å². The Morgan fingerprint density at radius 1 is 1.20 bits per heavy atom. The summed E-state index contributed by atoms with van der Waals surface area (Å²) in [6, 6.07) is 5.63. The Labute approximate surface area is 118 Å². The van der Waals surface area contributed by atoms with Crippen molar-refractivity contribution in [1.29, 1.82) is 5.26 Å². The lowest BCUT2D eigenvalue weighted by Gasteiger charge is -2.07. The topological polar surface area (TPSA) is 103 Å². The van der Waals surface area contributed by atoms with Crippen molar-refractivity contribution in [2.24, 2.45) is 0 Å². The summed E-state index contributed by atoms with van der Waals surface area (Å²) in [4.78, 5) is 4.79. The first-order valence-corrected chi connectivity index (χ1v) is 6.75. The molecule has 0 aliphatic rings. The molecule has 0 spiro atoms. The molecular formula is C14H11N3O2S. The van der Waals surface area contributed by atoms with E-state index in [0.717, 1.165) is 15.5 Å². The summed E-state index contributed by atoms with van der Waals surface area (Å²) in [7, 11) is 0. The van der Waals surface area contributed by atoms with Crippen LogP contribution in [0.5, 0.6) is 0 Å². The highest BCUT2D eigenvalue weighted by Gasteiger charge is 2.14. The molecule has 20 heavy (non-hydrogen) atoms. The van der Waals surface area contributed by atoms with Gasteiger partial charge in [0.2, 0.25) is 0 Å². The largest absolute Gasteiger partial charge is 0.396 e. The zero-order chi connectivity index (χ0) is 14.3. The van der Waals surface area contributed by atoms with Crippen LogP contribution < -0.4 is 5.73 Å². The maximum absolute atomic E-state index is 9.38. The van der Waals surface area contributed by atoms with E-state index in [9.17, 15) is 10.2 Å². The highest BCUT2D eigenvalue weighted by Crippen LogP contribution is 2.37. The second kappa shape index (κ2) is 4.72. The highest BCUT2D eigenvalue weighted by molar-refractivity contribution is 7.21. The molecule has 0 saturated carbocycles. The van der Waals surface area contributed by atoms with Gasteiger partial charge in [-0.2, -0.15) is 5.26 Å². The smallest absolute Gasteiger partial charge is 0.129 e. The number of nitriles is 1. The fourth-order valence-corrected chi connectivity index (χ4v) is 3.28. The van der Waals surface area contributed by atoms with E-state index in [4.69, 9.17) is 11.0 Å². The third-order valence-corrected chi connectivity index (χ3v) is 4.48. The van der Waals surface area contributed by atoms with Gasteiger partial charge in [0.25, 0.3) is 0 Å². The summed E-state index contributed by atoms with van der Waals surface area (Å²) in [5.41, 5.74) is 8.38. The molecule has 0 aliphatic heterocycles. The van der Waals surface area contributed by atoms with E-state index in [-0.39, 0.29) is 13.2 Å². The first-order valence-electron chi connectivity index (χ1n) is 5.94. The van der Waals surface area contributed by atoms with Crippen molar-refractivity contribution in [2.45, 2.75) is 13.2 Å². The molecule has 3 aromatic rings. The van der Waals surface area contributed by atoms with Crippen molar-refractivity contribution in [3.8, 4) is 6.07 Å². The van der Waals surface area contributed by atoms with Gasteiger partial charge < -0.3 is 15.9 Å². The molecule has 2 heterocycles. The molecule has 6 heteroatoms. The number of fused-ring (bicyclic) bond motifs is 3. The molecule has 0 aliphatic carbocycles. The predicted octanol–water partition coefficient (Wildman–Crippen LogP) is 1.89. The molecule has 0 unspecified atom stereocenters. The average Bonchev–Trinajstić information content (AvgIpc) is 2.82. The summed E-state index contributed by atoms with van der Waals surface area (Å²) in [5.74, 6) is 0. The molecule has 0 atom stereocenters. The van der Waals surface area contributed by atoms with Crippen LogP contribution in [-0.2, 0) is 13.2 Å². The van der Waals surface area contributed by atoms with E-state index in [1.807, 2.05) is 0 Å². The predicted molar refractivity (Wildman–Crippen MR) is 78.1 cm³/mol. The molecule has 4 N–H and O–H groups in total. The van der Waals surface area contributed by atoms with Crippen LogP contribution in [0.2, 0.25) is 0 Å². The van der Waals surface area contributed by atoms with E-state index in [1.165, 1.54) is 11.3 Å². The van der Waals surface area contributed by atoms with Crippen LogP contribution >= 0.6 is 11.3 Å². The van der Waals surface area contributed by atoms with Crippen LogP contribution in [0, 0.1) is 11.3 Å². The molecule has 5 nitrogen and oxygen atoms in total. The fourth-order valence-electron chi connectivity index (χ4n) is 2.26. The summed E-state index contributed by atoms with van der Waals surface area (Å²) in [5, 5.41) is 29.3. The van der Waals surface area contributed by atoms with Gasteiger partial charge in [0.1, 0.15) is 10.9 Å². The number of hydrogen-bond acceptors (Lipinski definition) is 6. The minimum atomic E-state index is -0.159. The molecule has 0 bridgehead atoms. The van der Waals surface area contributed by atoms with Gasteiger partial charge in [0.15, 0.2) is 0 Å². The number of benzene rings is 1. The van der Waals surface area contributed by atoms with Crippen LogP contribution in [0.25, 0.3) is 21.0 Å². The summed E-state index contributed by atoms with van der Waals surface area (Å²) < 4.78 is 0.878. The Hall–Kier alpha value is -2.20. The SMILES string of the molecule is N#Cc1sc2c(cnc3cc(CO)c(CO)cc32)c1N. The second-order valence-electron chi connectivity index (χ2n) is 4.41. The molecule has 1 aromatic carbocycles. The molecule has 2 aromatic heterocycles. The van der Waals surface area contributed by atoms with Crippen LogP contribution in [-0.4, -0.2) is 15.2 Å². The first kappa shape index (κ1) is 12.8. The van der Waals surface area contributed by atoms with Gasteiger partial charge in [0, 0.05) is 21.7 Å². The molecule has 100 valence electrons. The maximum atomic E-state index is 9.38. The van der Waals surface area contributed by atoms with Gasteiger partial charge in [-0.25, -0.2) is 0 Å². The van der Waals surface area contributed by atoms with E-state index >= 15 is 0 Å². The quantitative estimate of drug-likeness (QED) is 0.667. The Morgan fingerprint density at radius 2 is 1.90 bits per heavy atom. The number of aromatic nitrogens is 1. The summed E-state index contributed by atoms with van der Waals surface area (Å²) in [6.07, 6.45) is 1.64.